The van der Waals surface area contributed by atoms with Gasteiger partial charge in [0.05, 0.1) is 14.2 Å². The molecule has 1 atom stereocenters. The minimum Gasteiger partial charge on any atom is -0.468 e. The molecule has 8 heteroatoms. The molecule has 1 saturated heterocycles. The third-order valence-electron chi connectivity index (χ3n) is 5.33. The van der Waals surface area contributed by atoms with Crippen molar-refractivity contribution in [1.29, 1.82) is 0 Å². The van der Waals surface area contributed by atoms with Crippen LogP contribution in [0.1, 0.15) is 39.2 Å². The molecule has 1 heterocycles. The Morgan fingerprint density at radius 1 is 1.13 bits per heavy atom. The van der Waals surface area contributed by atoms with Crippen molar-refractivity contribution < 1.29 is 28.6 Å². The predicted molar refractivity (Wildman–Crippen MR) is 115 cm³/mol. The number of rotatable bonds is 6. The normalized spacial score (nSPS) is 16.9. The van der Waals surface area contributed by atoms with Crippen LogP contribution < -0.4 is 0 Å². The van der Waals surface area contributed by atoms with Gasteiger partial charge in [0.2, 0.25) is 0 Å². The van der Waals surface area contributed by atoms with Gasteiger partial charge in [-0.25, -0.2) is 4.79 Å². The van der Waals surface area contributed by atoms with Crippen molar-refractivity contribution in [1.82, 2.24) is 4.90 Å². The molecule has 0 aromatic heterocycles. The fraction of sp³-hybridized carbons (Fsp3) is 0.591. The molecular formula is C22H30BrNO6. The van der Waals surface area contributed by atoms with Gasteiger partial charge in [0.1, 0.15) is 5.60 Å². The maximum absolute atomic E-state index is 12.9. The average Bonchev–Trinajstić information content (AvgIpc) is 3.17. The third kappa shape index (κ3) is 5.53. The molecule has 0 unspecified atom stereocenters. The van der Waals surface area contributed by atoms with Gasteiger partial charge in [0.15, 0.2) is 5.41 Å². The van der Waals surface area contributed by atoms with Crippen molar-refractivity contribution in [2.45, 2.75) is 45.6 Å². The Morgan fingerprint density at radius 2 is 1.77 bits per heavy atom. The molecule has 0 aliphatic carbocycles. The summed E-state index contributed by atoms with van der Waals surface area (Å²) >= 11 is 3.44. The van der Waals surface area contributed by atoms with Crippen LogP contribution in [0.4, 0.5) is 4.79 Å². The third-order valence-corrected chi connectivity index (χ3v) is 5.83. The largest absolute Gasteiger partial charge is 0.468 e. The van der Waals surface area contributed by atoms with E-state index in [1.54, 1.807) is 20.8 Å². The van der Waals surface area contributed by atoms with E-state index in [0.29, 0.717) is 19.4 Å². The predicted octanol–water partition coefficient (Wildman–Crippen LogP) is 3.97. The first-order valence-electron chi connectivity index (χ1n) is 9.92. The van der Waals surface area contributed by atoms with Crippen molar-refractivity contribution >= 4 is 34.0 Å². The lowest BCUT2D eigenvalue weighted by atomic mass is 9.70. The number of carbonyl (C=O) groups is 3. The van der Waals surface area contributed by atoms with E-state index in [4.69, 9.17) is 14.2 Å². The Bertz CT molecular complexity index is 772. The molecule has 0 bridgehead atoms. The molecule has 1 aliphatic heterocycles. The Hall–Kier alpha value is -2.09. The molecule has 30 heavy (non-hydrogen) atoms. The maximum Gasteiger partial charge on any atom is 0.410 e. The molecule has 1 fully saturated rings. The van der Waals surface area contributed by atoms with Crippen LogP contribution in [0.25, 0.3) is 0 Å². The van der Waals surface area contributed by atoms with E-state index >= 15 is 0 Å². The van der Waals surface area contributed by atoms with Gasteiger partial charge in [-0.15, -0.1) is 0 Å². The number of nitrogens with zero attached hydrogens (tertiary/aromatic N) is 1. The number of likely N-dealkylation sites (tertiary alicyclic amines) is 1. The van der Waals surface area contributed by atoms with Crippen LogP contribution in [0.3, 0.4) is 0 Å². The Labute approximate surface area is 186 Å². The summed E-state index contributed by atoms with van der Waals surface area (Å²) in [5, 5.41) is 0. The Balaban J connectivity index is 2.30. The van der Waals surface area contributed by atoms with Gasteiger partial charge in [-0.05, 0) is 57.7 Å². The number of methoxy groups -OCH3 is 2. The number of benzene rings is 1. The highest BCUT2D eigenvalue weighted by Gasteiger charge is 2.56. The highest BCUT2D eigenvalue weighted by Crippen LogP contribution is 2.42. The van der Waals surface area contributed by atoms with E-state index in [-0.39, 0.29) is 13.0 Å². The van der Waals surface area contributed by atoms with Crippen LogP contribution in [-0.4, -0.2) is 55.8 Å². The van der Waals surface area contributed by atoms with Gasteiger partial charge in [0.25, 0.3) is 0 Å². The molecule has 0 N–H and O–H groups in total. The monoisotopic (exact) mass is 483 g/mol. The first-order valence-corrected chi connectivity index (χ1v) is 10.7. The number of hydrogen-bond donors (Lipinski definition) is 0. The lowest BCUT2D eigenvalue weighted by Gasteiger charge is -2.34. The van der Waals surface area contributed by atoms with Gasteiger partial charge in [-0.3, -0.25) is 9.59 Å². The number of ether oxygens (including phenoxy) is 3. The summed E-state index contributed by atoms with van der Waals surface area (Å²) in [5.41, 5.74) is -1.15. The van der Waals surface area contributed by atoms with E-state index in [2.05, 4.69) is 15.9 Å². The molecule has 1 aromatic rings. The standard InChI is InChI=1S/C22H30BrNO6/c1-21(2,3)30-20(27)24-12-10-16(14-24)22(18(25)28-4,19(26)29-5)11-9-15-7-6-8-17(23)13-15/h6-8,13,16H,9-12,14H2,1-5H3/t16-/m0/s1. The summed E-state index contributed by atoms with van der Waals surface area (Å²) in [6, 6.07) is 7.69. The fourth-order valence-corrected chi connectivity index (χ4v) is 4.32. The molecule has 0 spiro atoms. The quantitative estimate of drug-likeness (QED) is 0.345. The molecule has 0 saturated carbocycles. The fourth-order valence-electron chi connectivity index (χ4n) is 3.88. The Morgan fingerprint density at radius 3 is 2.30 bits per heavy atom. The van der Waals surface area contributed by atoms with E-state index in [0.717, 1.165) is 10.0 Å². The minimum absolute atomic E-state index is 0.218. The zero-order valence-corrected chi connectivity index (χ0v) is 19.8. The van der Waals surface area contributed by atoms with Crippen molar-refractivity contribution in [3.05, 3.63) is 34.3 Å². The number of amides is 1. The van der Waals surface area contributed by atoms with Gasteiger partial charge < -0.3 is 19.1 Å². The van der Waals surface area contributed by atoms with Crippen LogP contribution in [0.15, 0.2) is 28.7 Å². The van der Waals surface area contributed by atoms with Gasteiger partial charge in [-0.2, -0.15) is 0 Å². The van der Waals surface area contributed by atoms with Crippen molar-refractivity contribution in [2.24, 2.45) is 11.3 Å². The van der Waals surface area contributed by atoms with E-state index in [1.165, 1.54) is 19.1 Å². The molecule has 1 amide bonds. The second-order valence-electron chi connectivity index (χ2n) is 8.50. The molecule has 1 aromatic carbocycles. The summed E-state index contributed by atoms with van der Waals surface area (Å²) in [6.07, 6.45) is 0.713. The lowest BCUT2D eigenvalue weighted by Crippen LogP contribution is -2.49. The van der Waals surface area contributed by atoms with Crippen molar-refractivity contribution in [2.75, 3.05) is 27.3 Å². The first-order chi connectivity index (χ1) is 14.0. The van der Waals surface area contributed by atoms with Crippen molar-refractivity contribution in [3.8, 4) is 0 Å². The average molecular weight is 484 g/mol. The summed E-state index contributed by atoms with van der Waals surface area (Å²) in [7, 11) is 2.53. The smallest absolute Gasteiger partial charge is 0.410 e. The summed E-state index contributed by atoms with van der Waals surface area (Å²) < 4.78 is 16.5. The molecule has 7 nitrogen and oxygen atoms in total. The van der Waals surface area contributed by atoms with E-state index < -0.39 is 35.0 Å². The summed E-state index contributed by atoms with van der Waals surface area (Å²) in [4.78, 5) is 39.9. The van der Waals surface area contributed by atoms with Crippen LogP contribution in [0, 0.1) is 11.3 Å². The second kappa shape index (κ2) is 9.81. The topological polar surface area (TPSA) is 82.1 Å². The zero-order valence-electron chi connectivity index (χ0n) is 18.2. The summed E-state index contributed by atoms with van der Waals surface area (Å²) in [6.45, 7) is 6.00. The number of halogens is 1. The number of aryl methyl sites for hydroxylation is 1. The zero-order chi connectivity index (χ0) is 22.5. The van der Waals surface area contributed by atoms with Gasteiger partial charge >= 0.3 is 18.0 Å². The number of hydrogen-bond acceptors (Lipinski definition) is 6. The van der Waals surface area contributed by atoms with Crippen LogP contribution in [-0.2, 0) is 30.2 Å². The molecule has 0 radical (unpaired) electrons. The van der Waals surface area contributed by atoms with Crippen LogP contribution in [0.2, 0.25) is 0 Å². The summed E-state index contributed by atoms with van der Waals surface area (Å²) in [5.74, 6) is -1.71. The second-order valence-corrected chi connectivity index (χ2v) is 9.41. The number of carbonyl (C=O) groups excluding carboxylic acids is 3. The number of esters is 2. The Kier molecular flexibility index (Phi) is 7.91. The van der Waals surface area contributed by atoms with Crippen LogP contribution >= 0.6 is 15.9 Å². The van der Waals surface area contributed by atoms with E-state index in [1.807, 2.05) is 24.3 Å². The highest BCUT2D eigenvalue weighted by atomic mass is 79.9. The lowest BCUT2D eigenvalue weighted by molar-refractivity contribution is -0.174. The van der Waals surface area contributed by atoms with Gasteiger partial charge in [0, 0.05) is 23.5 Å². The molecule has 2 rings (SSSR count). The molecule has 1 aliphatic rings. The van der Waals surface area contributed by atoms with Crippen molar-refractivity contribution in [3.63, 3.8) is 0 Å². The van der Waals surface area contributed by atoms with Gasteiger partial charge in [-0.1, -0.05) is 28.1 Å². The van der Waals surface area contributed by atoms with Crippen LogP contribution in [0.5, 0.6) is 0 Å². The van der Waals surface area contributed by atoms with E-state index in [9.17, 15) is 14.4 Å². The minimum atomic E-state index is -1.50. The highest BCUT2D eigenvalue weighted by molar-refractivity contribution is 9.10. The first kappa shape index (κ1) is 24.2. The molecular weight excluding hydrogens is 454 g/mol. The SMILES string of the molecule is COC(=O)C(CCc1cccc(Br)c1)(C(=O)OC)[C@H]1CCN(C(=O)OC(C)(C)C)C1. The maximum atomic E-state index is 12.9. The molecule has 166 valence electrons.